The second-order valence-electron chi connectivity index (χ2n) is 5.97. The molecule has 5 heteroatoms. The van der Waals surface area contributed by atoms with Gasteiger partial charge in [0.05, 0.1) is 17.1 Å². The smallest absolute Gasteiger partial charge is 0.231 e. The van der Waals surface area contributed by atoms with E-state index < -0.39 is 11.0 Å². The first-order valence-corrected chi connectivity index (χ1v) is 6.25. The molecular formula is C14H20N4O. The molecule has 0 saturated heterocycles. The summed E-state index contributed by atoms with van der Waals surface area (Å²) in [5.74, 6) is -0.0946. The van der Waals surface area contributed by atoms with Crippen LogP contribution >= 0.6 is 0 Å². The molecule has 2 aromatic rings. The van der Waals surface area contributed by atoms with Crippen LogP contribution in [0.5, 0.6) is 0 Å². The lowest BCUT2D eigenvalue weighted by Gasteiger charge is -2.36. The van der Waals surface area contributed by atoms with Crippen LogP contribution in [-0.2, 0) is 4.79 Å². The van der Waals surface area contributed by atoms with Gasteiger partial charge >= 0.3 is 0 Å². The van der Waals surface area contributed by atoms with Crippen LogP contribution < -0.4 is 11.1 Å². The van der Waals surface area contributed by atoms with Gasteiger partial charge in [0, 0.05) is 16.6 Å². The Morgan fingerprint density at radius 2 is 2.00 bits per heavy atom. The zero-order valence-corrected chi connectivity index (χ0v) is 11.7. The minimum absolute atomic E-state index is 0.0946. The highest BCUT2D eigenvalue weighted by Gasteiger charge is 2.40. The Morgan fingerprint density at radius 1 is 1.32 bits per heavy atom. The zero-order chi connectivity index (χ0) is 14.3. The van der Waals surface area contributed by atoms with Crippen molar-refractivity contribution >= 4 is 22.5 Å². The normalized spacial score (nSPS) is 12.7. The van der Waals surface area contributed by atoms with Crippen LogP contribution in [-0.4, -0.2) is 21.6 Å². The van der Waals surface area contributed by atoms with Crippen molar-refractivity contribution in [2.75, 3.05) is 5.32 Å². The number of aromatic amines is 1. The number of fused-ring (bicyclic) bond motifs is 1. The van der Waals surface area contributed by atoms with E-state index in [0.29, 0.717) is 0 Å². The lowest BCUT2D eigenvalue weighted by atomic mass is 9.74. The Bertz CT molecular complexity index is 607. The topological polar surface area (TPSA) is 83.8 Å². The molecule has 5 nitrogen and oxygen atoms in total. The molecule has 0 aliphatic carbocycles. The first kappa shape index (κ1) is 13.5. The van der Waals surface area contributed by atoms with E-state index in [2.05, 4.69) is 15.5 Å². The highest BCUT2D eigenvalue weighted by atomic mass is 16.2. The summed E-state index contributed by atoms with van der Waals surface area (Å²) in [5, 5.41) is 10.7. The molecule has 0 aliphatic rings. The quantitative estimate of drug-likeness (QED) is 0.791. The Balaban J connectivity index is 2.23. The molecular weight excluding hydrogens is 240 g/mol. The van der Waals surface area contributed by atoms with E-state index >= 15 is 0 Å². The first-order valence-electron chi connectivity index (χ1n) is 6.25. The van der Waals surface area contributed by atoms with Crippen molar-refractivity contribution in [2.45, 2.75) is 33.2 Å². The maximum atomic E-state index is 12.3. The van der Waals surface area contributed by atoms with Gasteiger partial charge in [-0.15, -0.1) is 0 Å². The second kappa shape index (κ2) is 4.35. The third-order valence-electron chi connectivity index (χ3n) is 3.88. The van der Waals surface area contributed by atoms with Crippen LogP contribution in [0, 0.1) is 5.41 Å². The van der Waals surface area contributed by atoms with Crippen LogP contribution in [0.25, 0.3) is 10.9 Å². The van der Waals surface area contributed by atoms with E-state index in [-0.39, 0.29) is 5.91 Å². The molecule has 0 spiro atoms. The second-order valence-corrected chi connectivity index (χ2v) is 5.97. The largest absolute Gasteiger partial charge is 0.326 e. The molecule has 0 unspecified atom stereocenters. The van der Waals surface area contributed by atoms with Gasteiger partial charge in [-0.05, 0) is 45.9 Å². The summed E-state index contributed by atoms with van der Waals surface area (Å²) in [7, 11) is 0. The molecule has 0 aliphatic heterocycles. The van der Waals surface area contributed by atoms with Crippen molar-refractivity contribution in [3.05, 3.63) is 24.4 Å². The van der Waals surface area contributed by atoms with Gasteiger partial charge < -0.3 is 11.1 Å². The molecule has 1 aromatic carbocycles. The van der Waals surface area contributed by atoms with Crippen molar-refractivity contribution in [3.8, 4) is 0 Å². The van der Waals surface area contributed by atoms with Crippen LogP contribution in [0.1, 0.15) is 27.7 Å². The molecule has 1 aromatic heterocycles. The lowest BCUT2D eigenvalue weighted by molar-refractivity contribution is -0.126. The molecule has 0 atom stereocenters. The number of nitrogens with zero attached hydrogens (tertiary/aromatic N) is 1. The Hall–Kier alpha value is -1.88. The monoisotopic (exact) mass is 260 g/mol. The molecule has 2 rings (SSSR count). The van der Waals surface area contributed by atoms with Gasteiger partial charge in [0.2, 0.25) is 5.91 Å². The highest BCUT2D eigenvalue weighted by Crippen LogP contribution is 2.30. The number of hydrogen-bond acceptors (Lipinski definition) is 3. The summed E-state index contributed by atoms with van der Waals surface area (Å²) in [4.78, 5) is 12.3. The van der Waals surface area contributed by atoms with E-state index in [0.717, 1.165) is 16.6 Å². The molecule has 0 fully saturated rings. The maximum Gasteiger partial charge on any atom is 0.231 e. The van der Waals surface area contributed by atoms with Gasteiger partial charge in [-0.1, -0.05) is 0 Å². The molecule has 102 valence electrons. The molecule has 4 N–H and O–H groups in total. The first-order chi connectivity index (χ1) is 8.72. The number of carbonyl (C=O) groups excluding carboxylic acids is 1. The number of nitrogens with one attached hydrogen (secondary N) is 2. The number of carbonyl (C=O) groups is 1. The van der Waals surface area contributed by atoms with Crippen molar-refractivity contribution in [1.82, 2.24) is 10.2 Å². The summed E-state index contributed by atoms with van der Waals surface area (Å²) in [6.45, 7) is 7.40. The van der Waals surface area contributed by atoms with Crippen molar-refractivity contribution in [1.29, 1.82) is 0 Å². The van der Waals surface area contributed by atoms with Crippen molar-refractivity contribution in [2.24, 2.45) is 11.1 Å². The summed E-state index contributed by atoms with van der Waals surface area (Å²) < 4.78 is 0. The number of amides is 1. The van der Waals surface area contributed by atoms with Crippen molar-refractivity contribution in [3.63, 3.8) is 0 Å². The van der Waals surface area contributed by atoms with Crippen molar-refractivity contribution < 1.29 is 4.79 Å². The van der Waals surface area contributed by atoms with Gasteiger partial charge in [0.25, 0.3) is 0 Å². The third-order valence-corrected chi connectivity index (χ3v) is 3.88. The van der Waals surface area contributed by atoms with Gasteiger partial charge in [-0.2, -0.15) is 5.10 Å². The predicted octanol–water partition coefficient (Wildman–Crippen LogP) is 2.26. The number of anilines is 1. The average molecular weight is 260 g/mol. The number of hydrogen-bond donors (Lipinski definition) is 3. The number of nitrogens with two attached hydrogens (primary N) is 1. The number of benzene rings is 1. The summed E-state index contributed by atoms with van der Waals surface area (Å²) in [6.07, 6.45) is 1.73. The summed E-state index contributed by atoms with van der Waals surface area (Å²) >= 11 is 0. The lowest BCUT2D eigenvalue weighted by Crippen LogP contribution is -2.53. The number of aromatic nitrogens is 2. The van der Waals surface area contributed by atoms with E-state index in [1.165, 1.54) is 0 Å². The fourth-order valence-electron chi connectivity index (χ4n) is 1.60. The molecule has 1 amide bonds. The van der Waals surface area contributed by atoms with E-state index in [1.54, 1.807) is 6.20 Å². The summed E-state index contributed by atoms with van der Waals surface area (Å²) in [6, 6.07) is 5.62. The fraction of sp³-hybridized carbons (Fsp3) is 0.429. The number of H-pyrrole nitrogens is 1. The molecule has 19 heavy (non-hydrogen) atoms. The van der Waals surface area contributed by atoms with Gasteiger partial charge in [0.15, 0.2) is 0 Å². The number of rotatable bonds is 3. The highest BCUT2D eigenvalue weighted by molar-refractivity contribution is 5.97. The van der Waals surface area contributed by atoms with Gasteiger partial charge in [-0.25, -0.2) is 0 Å². The SMILES string of the molecule is CC(C)(N)C(C)(C)C(=O)Nc1ccc2[nH]ncc2c1. The predicted molar refractivity (Wildman–Crippen MR) is 76.8 cm³/mol. The molecule has 1 heterocycles. The van der Waals surface area contributed by atoms with E-state index in [4.69, 9.17) is 5.73 Å². The standard InChI is InChI=1S/C14H20N4O/c1-13(2,14(3,4)15)12(19)17-10-5-6-11-9(7-10)8-16-18-11/h5-8H,15H2,1-4H3,(H,16,18)(H,17,19). The van der Waals surface area contributed by atoms with Crippen LogP contribution in [0.3, 0.4) is 0 Å². The van der Waals surface area contributed by atoms with Crippen LogP contribution in [0.15, 0.2) is 24.4 Å². The average Bonchev–Trinajstić information content (AvgIpc) is 2.74. The van der Waals surface area contributed by atoms with Crippen LogP contribution in [0.4, 0.5) is 5.69 Å². The summed E-state index contributed by atoms with van der Waals surface area (Å²) in [5.41, 5.74) is 6.48. The molecule has 0 saturated carbocycles. The fourth-order valence-corrected chi connectivity index (χ4v) is 1.60. The molecule has 0 radical (unpaired) electrons. The van der Waals surface area contributed by atoms with Gasteiger partial charge in [-0.3, -0.25) is 9.89 Å². The minimum Gasteiger partial charge on any atom is -0.326 e. The van der Waals surface area contributed by atoms with E-state index in [9.17, 15) is 4.79 Å². The minimum atomic E-state index is -0.668. The Labute approximate surface area is 112 Å². The Morgan fingerprint density at radius 3 is 2.63 bits per heavy atom. The van der Waals surface area contributed by atoms with Crippen LogP contribution in [0.2, 0.25) is 0 Å². The Kier molecular flexibility index (Phi) is 3.10. The maximum absolute atomic E-state index is 12.3. The zero-order valence-electron chi connectivity index (χ0n) is 11.7. The third kappa shape index (κ3) is 2.46. The van der Waals surface area contributed by atoms with Gasteiger partial charge in [0.1, 0.15) is 0 Å². The molecule has 0 bridgehead atoms. The van der Waals surface area contributed by atoms with E-state index in [1.807, 2.05) is 45.9 Å².